The van der Waals surface area contributed by atoms with E-state index in [2.05, 4.69) is 15.9 Å². The highest BCUT2D eigenvalue weighted by Crippen LogP contribution is 2.49. The van der Waals surface area contributed by atoms with E-state index in [9.17, 15) is 8.78 Å². The predicted molar refractivity (Wildman–Crippen MR) is 58.8 cm³/mol. The summed E-state index contributed by atoms with van der Waals surface area (Å²) in [6.45, 7) is 0. The van der Waals surface area contributed by atoms with E-state index in [1.54, 1.807) is 18.2 Å². The van der Waals surface area contributed by atoms with Crippen molar-refractivity contribution in [1.82, 2.24) is 0 Å². The molecule has 1 aromatic carbocycles. The molecule has 0 aliphatic heterocycles. The molecule has 1 aromatic rings. The fraction of sp³-hybridized carbons (Fsp3) is 0.455. The summed E-state index contributed by atoms with van der Waals surface area (Å²) in [6, 6.07) is 6.37. The molecule has 1 nitrogen and oxygen atoms in total. The molecule has 0 bridgehead atoms. The van der Waals surface area contributed by atoms with Crippen molar-refractivity contribution in [3.8, 4) is 0 Å². The van der Waals surface area contributed by atoms with Gasteiger partial charge in [-0.25, -0.2) is 0 Å². The van der Waals surface area contributed by atoms with E-state index < -0.39 is 11.5 Å². The molecule has 0 amide bonds. The minimum Gasteiger partial charge on any atom is -0.320 e. The first kappa shape index (κ1) is 11.0. The third-order valence-electron chi connectivity index (χ3n) is 3.08. The van der Waals surface area contributed by atoms with Gasteiger partial charge in [0.05, 0.1) is 5.54 Å². The average molecular weight is 276 g/mol. The lowest BCUT2D eigenvalue weighted by Crippen LogP contribution is -2.58. The van der Waals surface area contributed by atoms with Gasteiger partial charge < -0.3 is 5.73 Å². The van der Waals surface area contributed by atoms with Crippen molar-refractivity contribution in [3.63, 3.8) is 0 Å². The van der Waals surface area contributed by atoms with Gasteiger partial charge in [0.1, 0.15) is 0 Å². The molecule has 2 N–H and O–H groups in total. The highest BCUT2D eigenvalue weighted by atomic mass is 79.9. The van der Waals surface area contributed by atoms with Crippen LogP contribution in [-0.2, 0) is 5.92 Å². The van der Waals surface area contributed by atoms with Crippen LogP contribution in [0.4, 0.5) is 8.78 Å². The molecule has 4 heteroatoms. The fourth-order valence-electron chi connectivity index (χ4n) is 1.86. The van der Waals surface area contributed by atoms with E-state index in [0.29, 0.717) is 17.3 Å². The number of halogens is 3. The van der Waals surface area contributed by atoms with E-state index >= 15 is 0 Å². The molecule has 1 saturated carbocycles. The van der Waals surface area contributed by atoms with E-state index in [4.69, 9.17) is 5.73 Å². The van der Waals surface area contributed by atoms with Crippen LogP contribution in [0.2, 0.25) is 0 Å². The number of rotatable bonds is 2. The number of hydrogen-bond acceptors (Lipinski definition) is 1. The summed E-state index contributed by atoms with van der Waals surface area (Å²) >= 11 is 3.14. The minimum absolute atomic E-state index is 0.00722. The second-order valence-electron chi connectivity index (χ2n) is 4.06. The zero-order valence-corrected chi connectivity index (χ0v) is 9.73. The molecule has 0 spiro atoms. The van der Waals surface area contributed by atoms with Crippen LogP contribution < -0.4 is 5.73 Å². The summed E-state index contributed by atoms with van der Waals surface area (Å²) < 4.78 is 28.6. The maximum absolute atomic E-state index is 14.1. The van der Waals surface area contributed by atoms with Gasteiger partial charge in [-0.3, -0.25) is 0 Å². The first-order valence-electron chi connectivity index (χ1n) is 4.89. The highest BCUT2D eigenvalue weighted by molar-refractivity contribution is 9.10. The SMILES string of the molecule is NC1(C(F)(F)c2ccccc2Br)CCC1. The molecular weight excluding hydrogens is 264 g/mol. The van der Waals surface area contributed by atoms with E-state index in [1.807, 2.05) is 0 Å². The van der Waals surface area contributed by atoms with Gasteiger partial charge in [0.2, 0.25) is 0 Å². The molecule has 2 rings (SSSR count). The zero-order valence-electron chi connectivity index (χ0n) is 8.14. The lowest BCUT2D eigenvalue weighted by molar-refractivity contribution is -0.114. The number of alkyl halides is 2. The molecular formula is C11H12BrF2N. The van der Waals surface area contributed by atoms with Crippen LogP contribution in [0.5, 0.6) is 0 Å². The van der Waals surface area contributed by atoms with Crippen molar-refractivity contribution < 1.29 is 8.78 Å². The smallest absolute Gasteiger partial charge is 0.291 e. The Hall–Kier alpha value is -0.480. The van der Waals surface area contributed by atoms with Crippen LogP contribution >= 0.6 is 15.9 Å². The summed E-state index contributed by atoms with van der Waals surface area (Å²) in [6.07, 6.45) is 1.57. The lowest BCUT2D eigenvalue weighted by Gasteiger charge is -2.44. The summed E-state index contributed by atoms with van der Waals surface area (Å²) in [4.78, 5) is 0. The van der Waals surface area contributed by atoms with E-state index in [1.165, 1.54) is 6.07 Å². The van der Waals surface area contributed by atoms with Crippen molar-refractivity contribution in [2.75, 3.05) is 0 Å². The molecule has 1 fully saturated rings. The summed E-state index contributed by atoms with van der Waals surface area (Å²) in [7, 11) is 0. The Labute approximate surface area is 95.8 Å². The van der Waals surface area contributed by atoms with Gasteiger partial charge >= 0.3 is 0 Å². The van der Waals surface area contributed by atoms with Crippen molar-refractivity contribution in [2.24, 2.45) is 5.73 Å². The molecule has 0 aromatic heterocycles. The normalized spacial score (nSPS) is 19.7. The molecule has 0 saturated heterocycles. The van der Waals surface area contributed by atoms with Crippen LogP contribution in [0.15, 0.2) is 28.7 Å². The first-order chi connectivity index (χ1) is 6.97. The Morgan fingerprint density at radius 2 is 1.87 bits per heavy atom. The maximum atomic E-state index is 14.1. The molecule has 82 valence electrons. The predicted octanol–water partition coefficient (Wildman–Crippen LogP) is 3.42. The van der Waals surface area contributed by atoms with Crippen LogP contribution in [0.3, 0.4) is 0 Å². The van der Waals surface area contributed by atoms with Crippen molar-refractivity contribution in [2.45, 2.75) is 30.7 Å². The quantitative estimate of drug-likeness (QED) is 0.880. The monoisotopic (exact) mass is 275 g/mol. The Bertz CT molecular complexity index is 375. The minimum atomic E-state index is -2.95. The molecule has 15 heavy (non-hydrogen) atoms. The topological polar surface area (TPSA) is 26.0 Å². The van der Waals surface area contributed by atoms with Gasteiger partial charge in [-0.15, -0.1) is 0 Å². The van der Waals surface area contributed by atoms with Gasteiger partial charge in [0.15, 0.2) is 0 Å². The maximum Gasteiger partial charge on any atom is 0.291 e. The highest BCUT2D eigenvalue weighted by Gasteiger charge is 2.56. The van der Waals surface area contributed by atoms with Crippen molar-refractivity contribution in [1.29, 1.82) is 0 Å². The van der Waals surface area contributed by atoms with Gasteiger partial charge in [-0.1, -0.05) is 34.1 Å². The first-order valence-corrected chi connectivity index (χ1v) is 5.68. The fourth-order valence-corrected chi connectivity index (χ4v) is 2.39. The van der Waals surface area contributed by atoms with Gasteiger partial charge in [0.25, 0.3) is 5.92 Å². The summed E-state index contributed by atoms with van der Waals surface area (Å²) in [5.74, 6) is -2.95. The Kier molecular flexibility index (Phi) is 2.59. The summed E-state index contributed by atoms with van der Waals surface area (Å²) in [5, 5.41) is 0. The van der Waals surface area contributed by atoms with Gasteiger partial charge in [0, 0.05) is 10.0 Å². The lowest BCUT2D eigenvalue weighted by atomic mass is 9.71. The van der Waals surface area contributed by atoms with E-state index in [0.717, 1.165) is 6.42 Å². The Morgan fingerprint density at radius 1 is 1.27 bits per heavy atom. The number of benzene rings is 1. The molecule has 1 aliphatic carbocycles. The molecule has 0 unspecified atom stereocenters. The van der Waals surface area contributed by atoms with E-state index in [-0.39, 0.29) is 5.56 Å². The van der Waals surface area contributed by atoms with Crippen LogP contribution in [-0.4, -0.2) is 5.54 Å². The molecule has 0 radical (unpaired) electrons. The average Bonchev–Trinajstić information content (AvgIpc) is 2.14. The third kappa shape index (κ3) is 1.60. The third-order valence-corrected chi connectivity index (χ3v) is 3.77. The second-order valence-corrected chi connectivity index (χ2v) is 4.92. The Morgan fingerprint density at radius 3 is 2.33 bits per heavy atom. The number of nitrogens with two attached hydrogens (primary N) is 1. The zero-order chi connectivity index (χ0) is 11.1. The largest absolute Gasteiger partial charge is 0.320 e. The molecule has 1 aliphatic rings. The van der Waals surface area contributed by atoms with Crippen LogP contribution in [0.25, 0.3) is 0 Å². The summed E-state index contributed by atoms with van der Waals surface area (Å²) in [5.41, 5.74) is 4.35. The van der Waals surface area contributed by atoms with Gasteiger partial charge in [-0.05, 0) is 25.3 Å². The Balaban J connectivity index is 2.41. The van der Waals surface area contributed by atoms with Crippen LogP contribution in [0, 0.1) is 0 Å². The van der Waals surface area contributed by atoms with Crippen molar-refractivity contribution >= 4 is 15.9 Å². The number of hydrogen-bond donors (Lipinski definition) is 1. The van der Waals surface area contributed by atoms with Gasteiger partial charge in [-0.2, -0.15) is 8.78 Å². The van der Waals surface area contributed by atoms with Crippen molar-refractivity contribution in [3.05, 3.63) is 34.3 Å². The molecule has 0 atom stereocenters. The standard InChI is InChI=1S/C11H12BrF2N/c12-9-5-2-1-4-8(9)11(13,14)10(15)6-3-7-10/h1-2,4-5H,3,6-7,15H2. The second kappa shape index (κ2) is 3.52. The van der Waals surface area contributed by atoms with Crippen LogP contribution in [0.1, 0.15) is 24.8 Å². The molecule has 0 heterocycles.